The highest BCUT2D eigenvalue weighted by Gasteiger charge is 1.98. The Hall–Kier alpha value is -0.800. The lowest BCUT2D eigenvalue weighted by atomic mass is 10.2. The van der Waals surface area contributed by atoms with Crippen LogP contribution in [0.15, 0.2) is 24.9 Å². The number of halogens is 1. The summed E-state index contributed by atoms with van der Waals surface area (Å²) < 4.78 is 0. The van der Waals surface area contributed by atoms with Gasteiger partial charge in [-0.3, -0.25) is 5.10 Å². The van der Waals surface area contributed by atoms with E-state index < -0.39 is 0 Å². The van der Waals surface area contributed by atoms with Gasteiger partial charge in [-0.2, -0.15) is 5.10 Å². The molecule has 4 heteroatoms. The molecule has 0 fully saturated rings. The number of hydrogen-bond acceptors (Lipinski definition) is 2. The van der Waals surface area contributed by atoms with E-state index in [9.17, 15) is 0 Å². The molecule has 0 saturated carbocycles. The minimum absolute atomic E-state index is 0. The summed E-state index contributed by atoms with van der Waals surface area (Å²) in [6.45, 7) is 3.54. The summed E-state index contributed by atoms with van der Waals surface area (Å²) in [6.07, 6.45) is 3.33. The molecule has 3 nitrogen and oxygen atoms in total. The average Bonchev–Trinajstić information content (AvgIpc) is 2.37. The molecule has 0 aliphatic rings. The third-order valence-electron chi connectivity index (χ3n) is 1.14. The molecule has 0 aromatic carbocycles. The van der Waals surface area contributed by atoms with Crippen LogP contribution in [0.5, 0.6) is 0 Å². The topological polar surface area (TPSA) is 54.7 Å². The van der Waals surface area contributed by atoms with Crippen molar-refractivity contribution < 1.29 is 0 Å². The van der Waals surface area contributed by atoms with Gasteiger partial charge in [0.05, 0.1) is 11.7 Å². The van der Waals surface area contributed by atoms with Gasteiger partial charge in [-0.15, -0.1) is 19.0 Å². The van der Waals surface area contributed by atoms with E-state index in [1.54, 1.807) is 12.3 Å². The van der Waals surface area contributed by atoms with Crippen molar-refractivity contribution in [3.05, 3.63) is 30.6 Å². The Morgan fingerprint density at radius 2 is 2.50 bits per heavy atom. The second-order valence-electron chi connectivity index (χ2n) is 1.77. The summed E-state index contributed by atoms with van der Waals surface area (Å²) in [7, 11) is 0. The number of aromatic amines is 1. The Balaban J connectivity index is 0.000000810. The summed E-state index contributed by atoms with van der Waals surface area (Å²) in [5.41, 5.74) is 6.44. The summed E-state index contributed by atoms with van der Waals surface area (Å²) in [4.78, 5) is 0. The first-order chi connectivity index (χ1) is 4.34. The highest BCUT2D eigenvalue weighted by atomic mass is 35.5. The molecule has 1 atom stereocenters. The van der Waals surface area contributed by atoms with Gasteiger partial charge in [-0.05, 0) is 6.07 Å². The molecule has 0 amide bonds. The first-order valence-electron chi connectivity index (χ1n) is 2.72. The molecule has 10 heavy (non-hydrogen) atoms. The zero-order chi connectivity index (χ0) is 6.69. The predicted molar refractivity (Wildman–Crippen MR) is 43.0 cm³/mol. The van der Waals surface area contributed by atoms with E-state index in [0.29, 0.717) is 0 Å². The van der Waals surface area contributed by atoms with Crippen LogP contribution < -0.4 is 5.73 Å². The molecule has 0 bridgehead atoms. The molecule has 0 aliphatic heterocycles. The maximum absolute atomic E-state index is 5.55. The molecule has 0 radical (unpaired) electrons. The zero-order valence-electron chi connectivity index (χ0n) is 5.45. The molecule has 56 valence electrons. The van der Waals surface area contributed by atoms with Gasteiger partial charge in [-0.1, -0.05) is 6.08 Å². The summed E-state index contributed by atoms with van der Waals surface area (Å²) in [5, 5.41) is 6.48. The standard InChI is InChI=1S/C6H9N3.ClH/c1-2-5(7)6-3-4-8-9-6;/h2-5H,1,7H2,(H,8,9);1H. The molecular formula is C6H10ClN3. The molecule has 1 rings (SSSR count). The molecule has 0 saturated heterocycles. The van der Waals surface area contributed by atoms with E-state index >= 15 is 0 Å². The van der Waals surface area contributed by atoms with Crippen LogP contribution in [0.2, 0.25) is 0 Å². The van der Waals surface area contributed by atoms with Crippen molar-refractivity contribution in [2.45, 2.75) is 6.04 Å². The fourth-order valence-corrected chi connectivity index (χ4v) is 0.579. The highest BCUT2D eigenvalue weighted by Crippen LogP contribution is 2.04. The first kappa shape index (κ1) is 9.20. The maximum Gasteiger partial charge on any atom is 0.0647 e. The number of hydrogen-bond donors (Lipinski definition) is 2. The number of aromatic nitrogens is 2. The van der Waals surface area contributed by atoms with Gasteiger partial charge in [0, 0.05) is 6.20 Å². The van der Waals surface area contributed by atoms with Crippen molar-refractivity contribution in [2.75, 3.05) is 0 Å². The van der Waals surface area contributed by atoms with Crippen LogP contribution in [-0.2, 0) is 0 Å². The van der Waals surface area contributed by atoms with Crippen molar-refractivity contribution in [3.8, 4) is 0 Å². The second-order valence-corrected chi connectivity index (χ2v) is 1.77. The van der Waals surface area contributed by atoms with Crippen molar-refractivity contribution >= 4 is 12.4 Å². The normalized spacial score (nSPS) is 11.7. The molecule has 1 aromatic rings. The lowest BCUT2D eigenvalue weighted by Crippen LogP contribution is -2.06. The van der Waals surface area contributed by atoms with E-state index in [0.717, 1.165) is 5.69 Å². The van der Waals surface area contributed by atoms with E-state index in [-0.39, 0.29) is 18.4 Å². The van der Waals surface area contributed by atoms with E-state index in [1.165, 1.54) is 0 Å². The fraction of sp³-hybridized carbons (Fsp3) is 0.167. The van der Waals surface area contributed by atoms with Crippen LogP contribution >= 0.6 is 12.4 Å². The molecule has 1 heterocycles. The van der Waals surface area contributed by atoms with E-state index in [1.807, 2.05) is 6.07 Å². The molecule has 0 aliphatic carbocycles. The lowest BCUT2D eigenvalue weighted by Gasteiger charge is -1.98. The number of rotatable bonds is 2. The van der Waals surface area contributed by atoms with Gasteiger partial charge in [0.2, 0.25) is 0 Å². The Morgan fingerprint density at radius 1 is 1.80 bits per heavy atom. The monoisotopic (exact) mass is 159 g/mol. The van der Waals surface area contributed by atoms with E-state index in [4.69, 9.17) is 5.73 Å². The van der Waals surface area contributed by atoms with Gasteiger partial charge in [0.25, 0.3) is 0 Å². The third kappa shape index (κ3) is 1.86. The fourth-order valence-electron chi connectivity index (χ4n) is 0.579. The smallest absolute Gasteiger partial charge is 0.0647 e. The van der Waals surface area contributed by atoms with E-state index in [2.05, 4.69) is 16.8 Å². The zero-order valence-corrected chi connectivity index (χ0v) is 6.27. The van der Waals surface area contributed by atoms with Gasteiger partial charge in [0.15, 0.2) is 0 Å². The Labute approximate surface area is 65.7 Å². The quantitative estimate of drug-likeness (QED) is 0.633. The number of H-pyrrole nitrogens is 1. The highest BCUT2D eigenvalue weighted by molar-refractivity contribution is 5.85. The van der Waals surface area contributed by atoms with Gasteiger partial charge in [0.1, 0.15) is 0 Å². The molecule has 1 unspecified atom stereocenters. The van der Waals surface area contributed by atoms with Crippen LogP contribution in [-0.4, -0.2) is 10.2 Å². The van der Waals surface area contributed by atoms with Gasteiger partial charge in [-0.25, -0.2) is 0 Å². The van der Waals surface area contributed by atoms with Gasteiger partial charge < -0.3 is 5.73 Å². The molecule has 1 aromatic heterocycles. The average molecular weight is 160 g/mol. The Bertz CT molecular complexity index is 183. The van der Waals surface area contributed by atoms with Crippen molar-refractivity contribution in [1.29, 1.82) is 0 Å². The number of nitrogens with two attached hydrogens (primary N) is 1. The molecule has 0 spiro atoms. The summed E-state index contributed by atoms with van der Waals surface area (Å²) >= 11 is 0. The van der Waals surface area contributed by atoms with Gasteiger partial charge >= 0.3 is 0 Å². The number of nitrogens with one attached hydrogen (secondary N) is 1. The van der Waals surface area contributed by atoms with Crippen LogP contribution in [0.25, 0.3) is 0 Å². The van der Waals surface area contributed by atoms with Crippen LogP contribution in [0.1, 0.15) is 11.7 Å². The lowest BCUT2D eigenvalue weighted by molar-refractivity contribution is 0.847. The maximum atomic E-state index is 5.55. The van der Waals surface area contributed by atoms with Crippen molar-refractivity contribution in [3.63, 3.8) is 0 Å². The second kappa shape index (κ2) is 4.09. The van der Waals surface area contributed by atoms with Crippen LogP contribution in [0, 0.1) is 0 Å². The SMILES string of the molecule is C=CC(N)c1ccn[nH]1.Cl. The summed E-state index contributed by atoms with van der Waals surface area (Å²) in [5.74, 6) is 0. The first-order valence-corrected chi connectivity index (χ1v) is 2.72. The third-order valence-corrected chi connectivity index (χ3v) is 1.14. The Kier molecular flexibility index (Phi) is 3.76. The predicted octanol–water partition coefficient (Wildman–Crippen LogP) is 1.02. The minimum Gasteiger partial charge on any atom is -0.320 e. The Morgan fingerprint density at radius 3 is 2.90 bits per heavy atom. The van der Waals surface area contributed by atoms with Crippen LogP contribution in [0.3, 0.4) is 0 Å². The largest absolute Gasteiger partial charge is 0.320 e. The van der Waals surface area contributed by atoms with Crippen LogP contribution in [0.4, 0.5) is 0 Å². The van der Waals surface area contributed by atoms with Crippen molar-refractivity contribution in [1.82, 2.24) is 10.2 Å². The van der Waals surface area contributed by atoms with Crippen molar-refractivity contribution in [2.24, 2.45) is 5.73 Å². The molecule has 3 N–H and O–H groups in total. The summed E-state index contributed by atoms with van der Waals surface area (Å²) in [6, 6.07) is 1.71. The minimum atomic E-state index is -0.118. The molecular weight excluding hydrogens is 150 g/mol. The number of nitrogens with zero attached hydrogens (tertiary/aromatic N) is 1.